The molecule has 1 aliphatic rings. The Bertz CT molecular complexity index is 450. The van der Waals surface area contributed by atoms with Gasteiger partial charge in [-0.3, -0.25) is 9.59 Å². The lowest BCUT2D eigenvalue weighted by Gasteiger charge is -2.19. The lowest BCUT2D eigenvalue weighted by molar-refractivity contribution is -0.142. The third kappa shape index (κ3) is 1.62. The van der Waals surface area contributed by atoms with E-state index in [-0.39, 0.29) is 18.2 Å². The van der Waals surface area contributed by atoms with Crippen LogP contribution in [0.4, 0.5) is 0 Å². The molecule has 0 aliphatic heterocycles. The Balaban J connectivity index is 2.30. The van der Waals surface area contributed by atoms with E-state index in [0.717, 1.165) is 11.1 Å². The Morgan fingerprint density at radius 3 is 2.75 bits per heavy atom. The molecule has 0 heterocycles. The van der Waals surface area contributed by atoms with Crippen LogP contribution in [0.2, 0.25) is 0 Å². The van der Waals surface area contributed by atoms with Crippen molar-refractivity contribution in [3.8, 4) is 0 Å². The van der Waals surface area contributed by atoms with Crippen molar-refractivity contribution >= 4 is 11.8 Å². The third-order valence-electron chi connectivity index (χ3n) is 3.15. The van der Waals surface area contributed by atoms with Crippen molar-refractivity contribution in [2.24, 2.45) is 5.41 Å². The molecule has 0 radical (unpaired) electrons. The molecule has 1 aromatic carbocycles. The molecule has 1 aromatic rings. The summed E-state index contributed by atoms with van der Waals surface area (Å²) in [4.78, 5) is 23.5. The maximum atomic E-state index is 12.2. The van der Waals surface area contributed by atoms with Gasteiger partial charge in [-0.15, -0.1) is 0 Å². The molecule has 0 spiro atoms. The quantitative estimate of drug-likeness (QED) is 0.713. The maximum Gasteiger partial charge on any atom is 0.306 e. The first-order valence-corrected chi connectivity index (χ1v) is 5.26. The molecule has 1 atom stereocenters. The number of ketones is 1. The summed E-state index contributed by atoms with van der Waals surface area (Å²) in [5, 5.41) is 0. The van der Waals surface area contributed by atoms with Crippen LogP contribution in [0.15, 0.2) is 24.3 Å². The van der Waals surface area contributed by atoms with Gasteiger partial charge in [0.05, 0.1) is 13.5 Å². The number of benzene rings is 1. The van der Waals surface area contributed by atoms with Crippen LogP contribution < -0.4 is 0 Å². The largest absolute Gasteiger partial charge is 0.469 e. The minimum Gasteiger partial charge on any atom is -0.469 e. The highest BCUT2D eigenvalue weighted by molar-refractivity contribution is 6.06. The molecule has 3 heteroatoms. The average Bonchev–Trinajstić information content (AvgIpc) is 2.52. The average molecular weight is 218 g/mol. The second-order valence-corrected chi connectivity index (χ2v) is 4.48. The van der Waals surface area contributed by atoms with Crippen molar-refractivity contribution in [1.82, 2.24) is 0 Å². The van der Waals surface area contributed by atoms with Gasteiger partial charge in [-0.2, -0.15) is 0 Å². The first-order chi connectivity index (χ1) is 7.57. The second-order valence-electron chi connectivity index (χ2n) is 4.48. The highest BCUT2D eigenvalue weighted by atomic mass is 16.5. The number of methoxy groups -OCH3 is 1. The summed E-state index contributed by atoms with van der Waals surface area (Å²) in [6, 6.07) is 7.52. The zero-order valence-electron chi connectivity index (χ0n) is 9.45. The Labute approximate surface area is 94.4 Å². The number of Topliss-reactive ketones (excluding diaryl/α,β-unsaturated/α-hetero) is 1. The van der Waals surface area contributed by atoms with E-state index < -0.39 is 5.41 Å². The molecule has 2 rings (SSSR count). The van der Waals surface area contributed by atoms with Gasteiger partial charge >= 0.3 is 5.97 Å². The van der Waals surface area contributed by atoms with E-state index in [0.29, 0.717) is 6.42 Å². The normalized spacial score (nSPS) is 23.0. The lowest BCUT2D eigenvalue weighted by atomic mass is 9.83. The first-order valence-electron chi connectivity index (χ1n) is 5.26. The summed E-state index contributed by atoms with van der Waals surface area (Å²) in [6.07, 6.45) is 0.772. The predicted octanol–water partition coefficient (Wildman–Crippen LogP) is 1.99. The summed E-state index contributed by atoms with van der Waals surface area (Å²) in [6.45, 7) is 1.83. The number of hydrogen-bond donors (Lipinski definition) is 0. The minimum atomic E-state index is -0.628. The zero-order chi connectivity index (χ0) is 11.8. The van der Waals surface area contributed by atoms with Crippen LogP contribution in [0.5, 0.6) is 0 Å². The van der Waals surface area contributed by atoms with Gasteiger partial charge < -0.3 is 4.74 Å². The van der Waals surface area contributed by atoms with Crippen molar-refractivity contribution in [1.29, 1.82) is 0 Å². The Kier molecular flexibility index (Phi) is 2.54. The number of hydrogen-bond acceptors (Lipinski definition) is 3. The molecule has 3 nitrogen and oxygen atoms in total. The fourth-order valence-corrected chi connectivity index (χ4v) is 2.26. The van der Waals surface area contributed by atoms with Gasteiger partial charge in [0.25, 0.3) is 0 Å². The van der Waals surface area contributed by atoms with E-state index in [1.54, 1.807) is 0 Å². The monoisotopic (exact) mass is 218 g/mol. The molecule has 0 N–H and O–H groups in total. The second kappa shape index (κ2) is 3.74. The molecular weight excluding hydrogens is 204 g/mol. The van der Waals surface area contributed by atoms with Crippen LogP contribution >= 0.6 is 0 Å². The van der Waals surface area contributed by atoms with Crippen LogP contribution in [0, 0.1) is 5.41 Å². The van der Waals surface area contributed by atoms with Crippen molar-refractivity contribution in [2.45, 2.75) is 19.8 Å². The van der Waals surface area contributed by atoms with Crippen LogP contribution in [-0.4, -0.2) is 18.9 Å². The highest BCUT2D eigenvalue weighted by Gasteiger charge is 2.42. The maximum absolute atomic E-state index is 12.2. The highest BCUT2D eigenvalue weighted by Crippen LogP contribution is 2.39. The van der Waals surface area contributed by atoms with E-state index in [1.165, 1.54) is 7.11 Å². The van der Waals surface area contributed by atoms with Crippen molar-refractivity contribution in [2.75, 3.05) is 7.11 Å². The van der Waals surface area contributed by atoms with Gasteiger partial charge in [-0.25, -0.2) is 0 Å². The van der Waals surface area contributed by atoms with Gasteiger partial charge in [-0.1, -0.05) is 31.2 Å². The first kappa shape index (κ1) is 10.9. The van der Waals surface area contributed by atoms with Gasteiger partial charge in [0.2, 0.25) is 0 Å². The zero-order valence-corrected chi connectivity index (χ0v) is 9.45. The smallest absolute Gasteiger partial charge is 0.306 e. The Hall–Kier alpha value is -1.64. The Morgan fingerprint density at radius 1 is 1.44 bits per heavy atom. The molecule has 0 saturated heterocycles. The summed E-state index contributed by atoms with van der Waals surface area (Å²) >= 11 is 0. The summed E-state index contributed by atoms with van der Waals surface area (Å²) in [5.74, 6) is -0.280. The molecule has 0 aromatic heterocycles. The molecular formula is C13H14O3. The molecule has 16 heavy (non-hydrogen) atoms. The van der Waals surface area contributed by atoms with Gasteiger partial charge in [0, 0.05) is 11.0 Å². The SMILES string of the molecule is COC(=O)CC1(C)Cc2ccccc2C1=O. The van der Waals surface area contributed by atoms with Crippen LogP contribution in [0.25, 0.3) is 0 Å². The van der Waals surface area contributed by atoms with Crippen molar-refractivity contribution in [3.63, 3.8) is 0 Å². The number of ether oxygens (including phenoxy) is 1. The van der Waals surface area contributed by atoms with Gasteiger partial charge in [-0.05, 0) is 12.0 Å². The molecule has 0 amide bonds. The number of rotatable bonds is 2. The van der Waals surface area contributed by atoms with Gasteiger partial charge in [0.1, 0.15) is 0 Å². The summed E-state index contributed by atoms with van der Waals surface area (Å²) in [5.41, 5.74) is 1.14. The van der Waals surface area contributed by atoms with Gasteiger partial charge in [0.15, 0.2) is 5.78 Å². The predicted molar refractivity (Wildman–Crippen MR) is 59.2 cm³/mol. The summed E-state index contributed by atoms with van der Waals surface area (Å²) in [7, 11) is 1.35. The fourth-order valence-electron chi connectivity index (χ4n) is 2.26. The third-order valence-corrected chi connectivity index (χ3v) is 3.15. The van der Waals surface area contributed by atoms with Crippen LogP contribution in [-0.2, 0) is 16.0 Å². The number of fused-ring (bicyclic) bond motifs is 1. The number of esters is 1. The number of carbonyl (C=O) groups is 2. The van der Waals surface area contributed by atoms with E-state index in [4.69, 9.17) is 0 Å². The molecule has 0 bridgehead atoms. The van der Waals surface area contributed by atoms with Crippen LogP contribution in [0.3, 0.4) is 0 Å². The van der Waals surface area contributed by atoms with Crippen LogP contribution in [0.1, 0.15) is 29.3 Å². The standard InChI is InChI=1S/C13H14O3/c1-13(8-11(14)16-2)7-9-5-3-4-6-10(9)12(13)15/h3-6H,7-8H2,1-2H3. The summed E-state index contributed by atoms with van der Waals surface area (Å²) < 4.78 is 4.63. The van der Waals surface area contributed by atoms with E-state index >= 15 is 0 Å². The molecule has 84 valence electrons. The molecule has 1 unspecified atom stereocenters. The van der Waals surface area contributed by atoms with Crippen molar-refractivity contribution in [3.05, 3.63) is 35.4 Å². The van der Waals surface area contributed by atoms with E-state index in [9.17, 15) is 9.59 Å². The molecule has 0 fully saturated rings. The van der Waals surface area contributed by atoms with E-state index in [1.807, 2.05) is 31.2 Å². The topological polar surface area (TPSA) is 43.4 Å². The van der Waals surface area contributed by atoms with E-state index in [2.05, 4.69) is 4.74 Å². The Morgan fingerprint density at radius 2 is 2.12 bits per heavy atom. The fraction of sp³-hybridized carbons (Fsp3) is 0.385. The molecule has 1 aliphatic carbocycles. The van der Waals surface area contributed by atoms with Crippen molar-refractivity contribution < 1.29 is 14.3 Å². The minimum absolute atomic E-state index is 0.0495. The molecule has 0 saturated carbocycles. The number of carbonyl (C=O) groups excluding carboxylic acids is 2. The lowest BCUT2D eigenvalue weighted by Crippen LogP contribution is -2.28.